The normalized spacial score (nSPS) is 13.8. The molecule has 0 heterocycles. The monoisotopic (exact) mass is 514 g/mol. The number of hydrogen-bond acceptors (Lipinski definition) is 4. The van der Waals surface area contributed by atoms with Gasteiger partial charge in [-0.2, -0.15) is 0 Å². The molecule has 0 amide bonds. The highest BCUT2D eigenvalue weighted by Gasteiger charge is 2.14. The van der Waals surface area contributed by atoms with E-state index in [0.29, 0.717) is 23.7 Å². The molecule has 0 fully saturated rings. The topological polar surface area (TPSA) is 48.8 Å². The fraction of sp³-hybridized carbons (Fsp3) is 0.471. The van der Waals surface area contributed by atoms with Crippen LogP contribution in [0.4, 0.5) is 11.4 Å². The van der Waals surface area contributed by atoms with E-state index in [4.69, 9.17) is 9.98 Å². The zero-order valence-electron chi connectivity index (χ0n) is 25.8. The summed E-state index contributed by atoms with van der Waals surface area (Å²) in [6.45, 7) is 26.0. The first-order chi connectivity index (χ1) is 17.8. The van der Waals surface area contributed by atoms with Crippen molar-refractivity contribution >= 4 is 22.8 Å². The molecular weight excluding hydrogens is 464 g/mol. The molecule has 0 saturated carbocycles. The second-order valence-electron chi connectivity index (χ2n) is 11.6. The van der Waals surface area contributed by atoms with Crippen molar-refractivity contribution in [1.29, 1.82) is 0 Å². The Balaban J connectivity index is 2.22. The first-order valence-electron chi connectivity index (χ1n) is 14.1. The summed E-state index contributed by atoms with van der Waals surface area (Å²) < 4.78 is 0. The number of aliphatic imine (C=N–C) groups is 2. The van der Waals surface area contributed by atoms with Gasteiger partial charge in [-0.3, -0.25) is 9.98 Å². The van der Waals surface area contributed by atoms with E-state index in [-0.39, 0.29) is 0 Å². The summed E-state index contributed by atoms with van der Waals surface area (Å²) in [6, 6.07) is 13.1. The van der Waals surface area contributed by atoms with Gasteiger partial charge in [-0.25, -0.2) is 0 Å². The number of para-hydroxylation sites is 2. The average molecular weight is 515 g/mol. The molecule has 2 aromatic carbocycles. The van der Waals surface area contributed by atoms with Gasteiger partial charge in [0.2, 0.25) is 0 Å². The Labute approximate surface area is 232 Å². The van der Waals surface area contributed by atoms with Crippen LogP contribution in [0.5, 0.6) is 0 Å². The van der Waals surface area contributed by atoms with E-state index in [9.17, 15) is 0 Å². The smallest absolute Gasteiger partial charge is 0.0701 e. The molecule has 206 valence electrons. The van der Waals surface area contributed by atoms with Crippen LogP contribution in [0, 0.1) is 0 Å². The molecule has 2 rings (SSSR count). The maximum Gasteiger partial charge on any atom is 0.0701 e. The lowest BCUT2D eigenvalue weighted by Crippen LogP contribution is -2.29. The van der Waals surface area contributed by atoms with E-state index < -0.39 is 0 Å². The van der Waals surface area contributed by atoms with Crippen molar-refractivity contribution in [3.63, 3.8) is 0 Å². The number of nitrogens with one attached hydrogen (secondary N) is 2. The number of hydrazine groups is 1. The van der Waals surface area contributed by atoms with E-state index in [1.54, 1.807) is 0 Å². The highest BCUT2D eigenvalue weighted by molar-refractivity contribution is 5.96. The molecule has 0 aliphatic rings. The summed E-state index contributed by atoms with van der Waals surface area (Å²) in [4.78, 5) is 10.1. The standard InChI is InChI=1S/C34H50N4/c1-21(2)29-15-13-16-30(22(3)4)33(29)35-25(9)19-27(11)37-38-28(12)20-26(10)36-34-31(23(5)6)17-14-18-32(34)24(7)8/h13-24,37-38H,1-12H3/b27-19+,28-20+,35-25?,36-26?. The molecule has 0 atom stereocenters. The van der Waals surface area contributed by atoms with Gasteiger partial charge in [-0.05, 0) is 85.8 Å². The predicted octanol–water partition coefficient (Wildman–Crippen LogP) is 9.97. The predicted molar refractivity (Wildman–Crippen MR) is 169 cm³/mol. The minimum Gasteiger partial charge on any atom is -0.306 e. The average Bonchev–Trinajstić information content (AvgIpc) is 2.82. The van der Waals surface area contributed by atoms with Crippen molar-refractivity contribution in [1.82, 2.24) is 10.9 Å². The van der Waals surface area contributed by atoms with Crippen LogP contribution in [-0.2, 0) is 0 Å². The number of nitrogens with zero attached hydrogens (tertiary/aromatic N) is 2. The van der Waals surface area contributed by atoms with Crippen LogP contribution in [0.1, 0.15) is 129 Å². The molecule has 0 bridgehead atoms. The Morgan fingerprint density at radius 1 is 0.526 bits per heavy atom. The van der Waals surface area contributed by atoms with E-state index in [0.717, 1.165) is 34.2 Å². The molecule has 2 aromatic rings. The lowest BCUT2D eigenvalue weighted by atomic mass is 9.93. The Kier molecular flexibility index (Phi) is 11.6. The van der Waals surface area contributed by atoms with E-state index in [1.165, 1.54) is 22.3 Å². The van der Waals surface area contributed by atoms with Crippen molar-refractivity contribution in [3.8, 4) is 0 Å². The first-order valence-corrected chi connectivity index (χ1v) is 14.1. The van der Waals surface area contributed by atoms with Gasteiger partial charge >= 0.3 is 0 Å². The first kappa shape index (κ1) is 31.1. The van der Waals surface area contributed by atoms with Gasteiger partial charge < -0.3 is 10.9 Å². The fourth-order valence-electron chi connectivity index (χ4n) is 4.59. The minimum atomic E-state index is 0.423. The van der Waals surface area contributed by atoms with Crippen LogP contribution in [0.15, 0.2) is 69.9 Å². The Hall–Kier alpha value is -3.14. The summed E-state index contributed by atoms with van der Waals surface area (Å²) in [7, 11) is 0. The number of rotatable bonds is 11. The van der Waals surface area contributed by atoms with Crippen LogP contribution >= 0.6 is 0 Å². The third kappa shape index (κ3) is 8.72. The van der Waals surface area contributed by atoms with Gasteiger partial charge in [0.1, 0.15) is 0 Å². The van der Waals surface area contributed by atoms with Crippen molar-refractivity contribution in [3.05, 3.63) is 82.2 Å². The van der Waals surface area contributed by atoms with Crippen molar-refractivity contribution in [2.75, 3.05) is 0 Å². The Morgan fingerprint density at radius 2 is 0.789 bits per heavy atom. The van der Waals surface area contributed by atoms with Crippen LogP contribution in [-0.4, -0.2) is 11.4 Å². The van der Waals surface area contributed by atoms with Gasteiger partial charge in [-0.1, -0.05) is 91.8 Å². The number of allylic oxidation sites excluding steroid dienone is 4. The maximum atomic E-state index is 5.05. The van der Waals surface area contributed by atoms with Crippen molar-refractivity contribution < 1.29 is 0 Å². The summed E-state index contributed by atoms with van der Waals surface area (Å²) in [6.07, 6.45) is 4.16. The quantitative estimate of drug-likeness (QED) is 0.231. The molecule has 0 spiro atoms. The molecule has 4 heteroatoms. The molecule has 0 aliphatic carbocycles. The van der Waals surface area contributed by atoms with Crippen LogP contribution in [0.25, 0.3) is 0 Å². The van der Waals surface area contributed by atoms with Crippen LogP contribution < -0.4 is 10.9 Å². The molecule has 2 N–H and O–H groups in total. The largest absolute Gasteiger partial charge is 0.306 e. The highest BCUT2D eigenvalue weighted by atomic mass is 15.4. The molecular formula is C34H50N4. The molecule has 0 saturated heterocycles. The van der Waals surface area contributed by atoms with Crippen LogP contribution in [0.2, 0.25) is 0 Å². The van der Waals surface area contributed by atoms with Gasteiger partial charge in [0.25, 0.3) is 0 Å². The third-order valence-corrected chi connectivity index (χ3v) is 6.57. The summed E-state index contributed by atoms with van der Waals surface area (Å²) in [5.74, 6) is 1.69. The molecule has 4 nitrogen and oxygen atoms in total. The highest BCUT2D eigenvalue weighted by Crippen LogP contribution is 2.36. The lowest BCUT2D eigenvalue weighted by molar-refractivity contribution is 0.691. The number of hydrogen-bond donors (Lipinski definition) is 2. The van der Waals surface area contributed by atoms with E-state index in [1.807, 2.05) is 13.8 Å². The van der Waals surface area contributed by atoms with E-state index >= 15 is 0 Å². The molecule has 0 radical (unpaired) electrons. The zero-order chi connectivity index (χ0) is 28.6. The zero-order valence-corrected chi connectivity index (χ0v) is 25.8. The van der Waals surface area contributed by atoms with E-state index in [2.05, 4.69) is 129 Å². The molecule has 38 heavy (non-hydrogen) atoms. The molecule has 0 aliphatic heterocycles. The summed E-state index contributed by atoms with van der Waals surface area (Å²) in [5, 5.41) is 0. The summed E-state index contributed by atoms with van der Waals surface area (Å²) >= 11 is 0. The maximum absolute atomic E-state index is 5.05. The minimum absolute atomic E-state index is 0.423. The third-order valence-electron chi connectivity index (χ3n) is 6.57. The van der Waals surface area contributed by atoms with Gasteiger partial charge in [0.05, 0.1) is 11.4 Å². The second-order valence-corrected chi connectivity index (χ2v) is 11.6. The Bertz CT molecular complexity index is 1060. The molecule has 0 aromatic heterocycles. The van der Waals surface area contributed by atoms with Crippen molar-refractivity contribution in [2.45, 2.75) is 107 Å². The van der Waals surface area contributed by atoms with Crippen LogP contribution in [0.3, 0.4) is 0 Å². The van der Waals surface area contributed by atoms with Crippen molar-refractivity contribution in [2.24, 2.45) is 9.98 Å². The van der Waals surface area contributed by atoms with Gasteiger partial charge in [0, 0.05) is 22.8 Å². The second kappa shape index (κ2) is 14.1. The number of benzene rings is 2. The summed E-state index contributed by atoms with van der Waals surface area (Å²) in [5.41, 5.74) is 17.9. The fourth-order valence-corrected chi connectivity index (χ4v) is 4.59. The molecule has 0 unspecified atom stereocenters. The van der Waals surface area contributed by atoms with Gasteiger partial charge in [-0.15, -0.1) is 0 Å². The SMILES string of the molecule is CC(/C=C(\C)NN/C(C)=C/C(C)=Nc1c(C(C)C)cccc1C(C)C)=Nc1c(C(C)C)cccc1C(C)C. The van der Waals surface area contributed by atoms with Gasteiger partial charge in [0.15, 0.2) is 0 Å². The lowest BCUT2D eigenvalue weighted by Gasteiger charge is -2.17. The Morgan fingerprint density at radius 3 is 1.03 bits per heavy atom.